The van der Waals surface area contributed by atoms with Crippen LogP contribution in [0.1, 0.15) is 287 Å². The highest BCUT2D eigenvalue weighted by molar-refractivity contribution is 5.70. The van der Waals surface area contributed by atoms with Crippen molar-refractivity contribution in [2.45, 2.75) is 287 Å². The van der Waals surface area contributed by atoms with Gasteiger partial charge in [-0.05, 0) is 115 Å². The minimum absolute atomic E-state index is 0.0952. The van der Waals surface area contributed by atoms with Gasteiger partial charge in [0.1, 0.15) is 13.2 Å². The summed E-state index contributed by atoms with van der Waals surface area (Å²) in [5.74, 6) is 0.740. The van der Waals surface area contributed by atoms with Crippen molar-refractivity contribution >= 4 is 24.1 Å². The van der Waals surface area contributed by atoms with Gasteiger partial charge < -0.3 is 33.6 Å². The zero-order valence-corrected chi connectivity index (χ0v) is 51.6. The van der Waals surface area contributed by atoms with E-state index in [1.54, 1.807) is 0 Å². The summed E-state index contributed by atoms with van der Waals surface area (Å²) >= 11 is 0. The predicted octanol–water partition coefficient (Wildman–Crippen LogP) is 17.0. The molecule has 12 heteroatoms. The third-order valence-electron chi connectivity index (χ3n) is 15.4. The summed E-state index contributed by atoms with van der Waals surface area (Å²) in [5, 5.41) is 0. The fourth-order valence-electron chi connectivity index (χ4n) is 10.1. The molecule has 12 nitrogen and oxygen atoms in total. The average Bonchev–Trinajstić information content (AvgIpc) is 3.41. The number of carbonyl (C=O) groups excluding carboxylic acids is 4. The highest BCUT2D eigenvalue weighted by Crippen LogP contribution is 2.21. The number of hydrogen-bond acceptors (Lipinski definition) is 10. The van der Waals surface area contributed by atoms with Crippen LogP contribution in [-0.4, -0.2) is 136 Å². The monoisotopic (exact) mass is 1080 g/mol. The van der Waals surface area contributed by atoms with E-state index in [4.69, 9.17) is 18.9 Å². The lowest BCUT2D eigenvalue weighted by Crippen LogP contribution is -2.38. The van der Waals surface area contributed by atoms with E-state index in [2.05, 4.69) is 65.2 Å². The summed E-state index contributed by atoms with van der Waals surface area (Å²) in [6.45, 7) is 27.1. The minimum atomic E-state index is -0.268. The Morgan fingerprint density at radius 1 is 0.303 bits per heavy atom. The normalized spacial score (nSPS) is 11.6. The van der Waals surface area contributed by atoms with Gasteiger partial charge in [-0.2, -0.15) is 0 Å². The molecule has 76 heavy (non-hydrogen) atoms. The molecule has 0 aliphatic rings. The summed E-state index contributed by atoms with van der Waals surface area (Å²) in [6.07, 6.45) is 37.6. The minimum Gasteiger partial charge on any atom is -0.465 e. The van der Waals surface area contributed by atoms with Crippen LogP contribution in [0.4, 0.5) is 9.59 Å². The maximum absolute atomic E-state index is 13.7. The fraction of sp³-hybridized carbons (Fsp3) is 0.938. The Kier molecular flexibility index (Phi) is 53.8. The molecular weight excluding hydrogens is 953 g/mol. The van der Waals surface area contributed by atoms with E-state index >= 15 is 0 Å². The molecule has 450 valence electrons. The van der Waals surface area contributed by atoms with Gasteiger partial charge in [-0.15, -0.1) is 0 Å². The summed E-state index contributed by atoms with van der Waals surface area (Å²) < 4.78 is 23.6. The smallest absolute Gasteiger partial charge is 0.409 e. The molecule has 0 unspecified atom stereocenters. The molecule has 0 heterocycles. The van der Waals surface area contributed by atoms with Crippen LogP contribution < -0.4 is 0 Å². The van der Waals surface area contributed by atoms with Crippen molar-refractivity contribution in [3.8, 4) is 0 Å². The maximum atomic E-state index is 13.7. The Balaban J connectivity index is 5.43. The van der Waals surface area contributed by atoms with Crippen LogP contribution in [0.5, 0.6) is 0 Å². The van der Waals surface area contributed by atoms with Gasteiger partial charge in [-0.25, -0.2) is 9.59 Å². The van der Waals surface area contributed by atoms with Crippen molar-refractivity contribution in [1.82, 2.24) is 19.6 Å². The molecule has 0 aliphatic carbocycles. The second-order valence-corrected chi connectivity index (χ2v) is 22.3. The van der Waals surface area contributed by atoms with E-state index in [0.717, 1.165) is 129 Å². The lowest BCUT2D eigenvalue weighted by molar-refractivity contribution is -0.146. The van der Waals surface area contributed by atoms with Crippen LogP contribution in [0.15, 0.2) is 0 Å². The molecule has 0 N–H and O–H groups in total. The van der Waals surface area contributed by atoms with Gasteiger partial charge in [0.2, 0.25) is 0 Å². The van der Waals surface area contributed by atoms with Gasteiger partial charge in [0.15, 0.2) is 0 Å². The number of ether oxygens (including phenoxy) is 4. The molecule has 0 aromatic rings. The highest BCUT2D eigenvalue weighted by atomic mass is 16.6. The lowest BCUT2D eigenvalue weighted by atomic mass is 9.96. The van der Waals surface area contributed by atoms with Crippen molar-refractivity contribution in [3.05, 3.63) is 0 Å². The highest BCUT2D eigenvalue weighted by Gasteiger charge is 2.19. The van der Waals surface area contributed by atoms with Gasteiger partial charge in [0.05, 0.1) is 13.2 Å². The van der Waals surface area contributed by atoms with Crippen molar-refractivity contribution in [2.24, 2.45) is 11.8 Å². The first kappa shape index (κ1) is 73.4. The van der Waals surface area contributed by atoms with Gasteiger partial charge in [0.25, 0.3) is 0 Å². The molecule has 0 spiro atoms. The van der Waals surface area contributed by atoms with E-state index in [-0.39, 0.29) is 37.3 Å². The Morgan fingerprint density at radius 3 is 0.921 bits per heavy atom. The Bertz CT molecular complexity index is 1200. The molecule has 0 aromatic carbocycles. The van der Waals surface area contributed by atoms with Crippen LogP contribution >= 0.6 is 0 Å². The standard InChI is InChI=1S/C64H126N4O8/c1-9-17-23-25-35-49-67(51-37-27-33-45-61(69)75-57-59(41-29-19-11-3)42-30-20-12-4)63(71)73-55-53-66(48-40-39-47-65(15-7)16-8)54-56-74-64(72)68(50-36-26-24-18-10-2)52-38-28-34-46-62(70)76-58-60(43-31-21-13-5)44-32-22-14-6/h59-60H,9-58H2,1-8H3. The first-order valence-corrected chi connectivity index (χ1v) is 32.7. The van der Waals surface area contributed by atoms with Crippen LogP contribution in [0.3, 0.4) is 0 Å². The predicted molar refractivity (Wildman–Crippen MR) is 319 cm³/mol. The van der Waals surface area contributed by atoms with E-state index in [1.165, 1.54) is 116 Å². The first-order chi connectivity index (χ1) is 37.1. The SMILES string of the molecule is CCCCCCCN(CCCCCC(=O)OCC(CCCCC)CCCCC)C(=O)OCCN(CCCCN(CC)CC)CCOC(=O)N(CCCCCCC)CCCCCC(=O)OCC(CCCCC)CCCCC. The van der Waals surface area contributed by atoms with Gasteiger partial charge in [-0.3, -0.25) is 14.5 Å². The van der Waals surface area contributed by atoms with Crippen LogP contribution in [0.25, 0.3) is 0 Å². The largest absolute Gasteiger partial charge is 0.465 e. The number of hydrogen-bond donors (Lipinski definition) is 0. The molecule has 0 saturated heterocycles. The zero-order chi connectivity index (χ0) is 56.0. The number of nitrogens with zero attached hydrogens (tertiary/aromatic N) is 4. The Hall–Kier alpha value is -2.60. The molecular formula is C64H126N4O8. The number of unbranched alkanes of at least 4 members (excludes halogenated alkanes) is 21. The molecule has 0 fully saturated rings. The summed E-state index contributed by atoms with van der Waals surface area (Å²) in [4.78, 5) is 61.3. The quantitative estimate of drug-likeness (QED) is 0.0331. The molecule has 0 bridgehead atoms. The fourth-order valence-corrected chi connectivity index (χ4v) is 10.1. The average molecular weight is 1080 g/mol. The van der Waals surface area contributed by atoms with Crippen molar-refractivity contribution in [2.75, 3.05) is 91.9 Å². The van der Waals surface area contributed by atoms with Gasteiger partial charge in [0, 0.05) is 52.1 Å². The molecule has 2 amide bonds. The van der Waals surface area contributed by atoms with Crippen LogP contribution in [0.2, 0.25) is 0 Å². The topological polar surface area (TPSA) is 118 Å². The molecule has 0 aliphatic heterocycles. The zero-order valence-electron chi connectivity index (χ0n) is 51.6. The van der Waals surface area contributed by atoms with E-state index < -0.39 is 0 Å². The van der Waals surface area contributed by atoms with Crippen LogP contribution in [0, 0.1) is 11.8 Å². The number of esters is 2. The molecule has 0 saturated carbocycles. The second-order valence-electron chi connectivity index (χ2n) is 22.3. The van der Waals surface area contributed by atoms with Gasteiger partial charge in [-0.1, -0.05) is 197 Å². The van der Waals surface area contributed by atoms with E-state index in [9.17, 15) is 19.2 Å². The number of carbonyl (C=O) groups is 4. The summed E-state index contributed by atoms with van der Waals surface area (Å²) in [7, 11) is 0. The lowest BCUT2D eigenvalue weighted by Gasteiger charge is -2.26. The van der Waals surface area contributed by atoms with Crippen molar-refractivity contribution in [1.29, 1.82) is 0 Å². The molecule has 0 atom stereocenters. The summed E-state index contributed by atoms with van der Waals surface area (Å²) in [6, 6.07) is 0. The first-order valence-electron chi connectivity index (χ1n) is 32.7. The molecule has 0 radical (unpaired) electrons. The molecule has 0 rings (SSSR count). The van der Waals surface area contributed by atoms with Crippen molar-refractivity contribution < 1.29 is 38.1 Å². The second kappa shape index (κ2) is 55.7. The van der Waals surface area contributed by atoms with Crippen molar-refractivity contribution in [3.63, 3.8) is 0 Å². The Morgan fingerprint density at radius 2 is 0.592 bits per heavy atom. The van der Waals surface area contributed by atoms with E-state index in [1.807, 2.05) is 9.80 Å². The Labute approximate surface area is 470 Å². The summed E-state index contributed by atoms with van der Waals surface area (Å²) in [5.41, 5.74) is 0. The van der Waals surface area contributed by atoms with Crippen LogP contribution in [-0.2, 0) is 28.5 Å². The number of rotatable bonds is 57. The number of amides is 2. The molecule has 0 aromatic heterocycles. The third-order valence-corrected chi connectivity index (χ3v) is 15.4. The third kappa shape index (κ3) is 45.3. The van der Waals surface area contributed by atoms with Gasteiger partial charge >= 0.3 is 24.1 Å². The maximum Gasteiger partial charge on any atom is 0.409 e. The van der Waals surface area contributed by atoms with E-state index in [0.29, 0.717) is 77.2 Å².